The maximum Gasteiger partial charge on any atom is 0.266 e. The summed E-state index contributed by atoms with van der Waals surface area (Å²) >= 11 is 0. The molecule has 2 aromatic rings. The third-order valence-electron chi connectivity index (χ3n) is 5.14. The highest BCUT2D eigenvalue weighted by atomic mass is 16.5. The normalized spacial score (nSPS) is 17.4. The lowest BCUT2D eigenvalue weighted by Crippen LogP contribution is -2.52. The van der Waals surface area contributed by atoms with Crippen LogP contribution in [-0.2, 0) is 10.3 Å². The molecule has 0 radical (unpaired) electrons. The fourth-order valence-corrected chi connectivity index (χ4v) is 3.79. The van der Waals surface area contributed by atoms with Gasteiger partial charge >= 0.3 is 0 Å². The lowest BCUT2D eigenvalue weighted by Gasteiger charge is -2.40. The number of nitrogens with zero attached hydrogens (tertiary/aromatic N) is 4. The third kappa shape index (κ3) is 4.63. The monoisotopic (exact) mass is 401 g/mol. The van der Waals surface area contributed by atoms with Gasteiger partial charge in [0.05, 0.1) is 6.61 Å². The summed E-state index contributed by atoms with van der Waals surface area (Å²) in [6.07, 6.45) is 0. The Hall–Kier alpha value is -2.77. The zero-order valence-electron chi connectivity index (χ0n) is 18.2. The Balaban J connectivity index is 1.70. The number of hydrogen-bond acceptors (Lipinski definition) is 7. The van der Waals surface area contributed by atoms with Crippen LogP contribution in [0.15, 0.2) is 22.7 Å². The molecule has 8 heteroatoms. The van der Waals surface area contributed by atoms with Gasteiger partial charge in [0.2, 0.25) is 5.91 Å². The smallest absolute Gasteiger partial charge is 0.266 e. The molecule has 1 aromatic heterocycles. The van der Waals surface area contributed by atoms with Crippen molar-refractivity contribution < 1.29 is 14.1 Å². The number of benzene rings is 1. The number of carbonyl (C=O) groups excluding carboxylic acids is 1. The molecule has 1 aromatic carbocycles. The Morgan fingerprint density at radius 2 is 2.14 bits per heavy atom. The first-order valence-corrected chi connectivity index (χ1v) is 10.1. The second-order valence-electron chi connectivity index (χ2n) is 8.08. The Morgan fingerprint density at radius 1 is 1.38 bits per heavy atom. The molecule has 3 rings (SSSR count). The van der Waals surface area contributed by atoms with Crippen molar-refractivity contribution in [2.24, 2.45) is 0 Å². The fourth-order valence-electron chi connectivity index (χ4n) is 3.79. The van der Waals surface area contributed by atoms with Crippen molar-refractivity contribution in [3.8, 4) is 5.75 Å². The number of carbonyl (C=O) groups is 1. The van der Waals surface area contributed by atoms with Crippen molar-refractivity contribution in [1.29, 1.82) is 0 Å². The fraction of sp³-hybridized carbons (Fsp3) is 0.571. The van der Waals surface area contributed by atoms with Gasteiger partial charge in [0.15, 0.2) is 0 Å². The summed E-state index contributed by atoms with van der Waals surface area (Å²) in [6.45, 7) is 14.6. The largest absolute Gasteiger partial charge is 0.494 e. The van der Waals surface area contributed by atoms with Crippen LogP contribution in [0.25, 0.3) is 0 Å². The van der Waals surface area contributed by atoms with E-state index >= 15 is 0 Å². The molecule has 0 unspecified atom stereocenters. The number of aryl methyl sites for hydroxylation is 1. The number of nitrogens with one attached hydrogen (secondary N) is 1. The predicted molar refractivity (Wildman–Crippen MR) is 113 cm³/mol. The minimum atomic E-state index is -0.707. The van der Waals surface area contributed by atoms with E-state index in [4.69, 9.17) is 9.26 Å². The molecule has 0 aliphatic carbocycles. The summed E-state index contributed by atoms with van der Waals surface area (Å²) in [5, 5.41) is 7.00. The summed E-state index contributed by atoms with van der Waals surface area (Å²) in [4.78, 5) is 20.5. The first kappa shape index (κ1) is 21.0. The lowest BCUT2D eigenvalue weighted by molar-refractivity contribution is -0.120. The van der Waals surface area contributed by atoms with E-state index in [0.29, 0.717) is 18.4 Å². The number of hydrogen-bond donors (Lipinski definition) is 1. The van der Waals surface area contributed by atoms with E-state index in [2.05, 4.69) is 51.2 Å². The van der Waals surface area contributed by atoms with Gasteiger partial charge in [-0.2, -0.15) is 4.98 Å². The quantitative estimate of drug-likeness (QED) is 0.797. The highest BCUT2D eigenvalue weighted by Gasteiger charge is 2.32. The van der Waals surface area contributed by atoms with E-state index in [1.807, 2.05) is 26.8 Å². The Morgan fingerprint density at radius 3 is 2.76 bits per heavy atom. The maximum absolute atomic E-state index is 11.4. The first-order valence-electron chi connectivity index (χ1n) is 10.1. The van der Waals surface area contributed by atoms with Gasteiger partial charge in [0.1, 0.15) is 11.3 Å². The summed E-state index contributed by atoms with van der Waals surface area (Å²) in [5.74, 6) is 1.73. The average molecular weight is 402 g/mol. The highest BCUT2D eigenvalue weighted by molar-refractivity contribution is 5.73. The van der Waals surface area contributed by atoms with Gasteiger partial charge in [-0.1, -0.05) is 0 Å². The zero-order chi connectivity index (χ0) is 21.2. The Kier molecular flexibility index (Phi) is 6.00. The molecule has 1 fully saturated rings. The molecule has 158 valence electrons. The molecule has 1 atom stereocenters. The van der Waals surface area contributed by atoms with E-state index in [9.17, 15) is 4.79 Å². The van der Waals surface area contributed by atoms with Crippen LogP contribution in [-0.4, -0.2) is 48.3 Å². The van der Waals surface area contributed by atoms with Crippen LogP contribution < -0.4 is 19.9 Å². The number of piperazine rings is 1. The van der Waals surface area contributed by atoms with Gasteiger partial charge in [-0.15, -0.1) is 0 Å². The van der Waals surface area contributed by atoms with Crippen molar-refractivity contribution in [2.75, 3.05) is 36.0 Å². The second kappa shape index (κ2) is 8.31. The van der Waals surface area contributed by atoms with Gasteiger partial charge in [-0.3, -0.25) is 4.79 Å². The average Bonchev–Trinajstić information content (AvgIpc) is 3.12. The third-order valence-corrected chi connectivity index (χ3v) is 5.14. The first-order chi connectivity index (χ1) is 13.7. The van der Waals surface area contributed by atoms with Gasteiger partial charge < -0.3 is 24.4 Å². The van der Waals surface area contributed by atoms with Gasteiger partial charge in [0.25, 0.3) is 11.8 Å². The summed E-state index contributed by atoms with van der Waals surface area (Å²) in [7, 11) is 0. The van der Waals surface area contributed by atoms with Crippen LogP contribution in [0.4, 0.5) is 11.6 Å². The van der Waals surface area contributed by atoms with Crippen molar-refractivity contribution in [1.82, 2.24) is 15.5 Å². The minimum absolute atomic E-state index is 0.137. The molecular formula is C21H31N5O3. The molecule has 8 nitrogen and oxygen atoms in total. The predicted octanol–water partition coefficient (Wildman–Crippen LogP) is 2.86. The molecule has 1 N–H and O–H groups in total. The number of amides is 1. The number of anilines is 2. The van der Waals surface area contributed by atoms with Gasteiger partial charge in [-0.05, 0) is 63.5 Å². The Bertz CT molecular complexity index is 864. The lowest BCUT2D eigenvalue weighted by atomic mass is 10.1. The van der Waals surface area contributed by atoms with Crippen molar-refractivity contribution in [2.45, 2.75) is 53.1 Å². The van der Waals surface area contributed by atoms with E-state index in [1.54, 1.807) is 0 Å². The van der Waals surface area contributed by atoms with Gasteiger partial charge in [-0.25, -0.2) is 0 Å². The maximum atomic E-state index is 11.4. The second-order valence-corrected chi connectivity index (χ2v) is 8.08. The van der Waals surface area contributed by atoms with Crippen molar-refractivity contribution in [3.63, 3.8) is 0 Å². The molecule has 2 heterocycles. The molecule has 0 saturated carbocycles. The summed E-state index contributed by atoms with van der Waals surface area (Å²) in [5.41, 5.74) is 1.72. The van der Waals surface area contributed by atoms with Crippen molar-refractivity contribution in [3.05, 3.63) is 29.7 Å². The van der Waals surface area contributed by atoms with Crippen LogP contribution in [0.5, 0.6) is 5.75 Å². The zero-order valence-corrected chi connectivity index (χ0v) is 18.2. The van der Waals surface area contributed by atoms with Crippen LogP contribution in [0.3, 0.4) is 0 Å². The summed E-state index contributed by atoms with van der Waals surface area (Å²) in [6, 6.07) is 6.46. The topological polar surface area (TPSA) is 83.7 Å². The molecule has 29 heavy (non-hydrogen) atoms. The van der Waals surface area contributed by atoms with Crippen LogP contribution in [0.1, 0.15) is 46.1 Å². The minimum Gasteiger partial charge on any atom is -0.494 e. The van der Waals surface area contributed by atoms with Crippen LogP contribution in [0, 0.1) is 6.92 Å². The highest BCUT2D eigenvalue weighted by Crippen LogP contribution is 2.29. The molecule has 0 spiro atoms. The molecule has 1 saturated heterocycles. The van der Waals surface area contributed by atoms with Crippen molar-refractivity contribution >= 4 is 17.5 Å². The van der Waals surface area contributed by atoms with Crippen LogP contribution in [0.2, 0.25) is 0 Å². The van der Waals surface area contributed by atoms with E-state index in [0.717, 1.165) is 25.4 Å². The number of aromatic nitrogens is 2. The molecule has 1 aliphatic rings. The molecule has 1 amide bonds. The van der Waals surface area contributed by atoms with Gasteiger partial charge in [0, 0.05) is 38.3 Å². The SMILES string of the molecule is CCOc1ccc(N2CCN(c3noc(C(C)(C)NC(C)=O)n3)[C@@H](C)C2)c(C)c1. The summed E-state index contributed by atoms with van der Waals surface area (Å²) < 4.78 is 11.1. The number of rotatable bonds is 6. The van der Waals surface area contributed by atoms with E-state index in [1.165, 1.54) is 18.2 Å². The molecular weight excluding hydrogens is 370 g/mol. The molecule has 0 bridgehead atoms. The molecule has 1 aliphatic heterocycles. The van der Waals surface area contributed by atoms with E-state index < -0.39 is 5.54 Å². The van der Waals surface area contributed by atoms with Crippen LogP contribution >= 0.6 is 0 Å². The van der Waals surface area contributed by atoms with E-state index in [-0.39, 0.29) is 11.9 Å². The Labute approximate surface area is 172 Å². The number of ether oxygens (including phenoxy) is 1. The standard InChI is InChI=1S/C21H31N5O3/c1-7-28-17-8-9-18(14(2)12-17)25-10-11-26(15(3)13-25)20-22-19(29-24-20)21(5,6)23-16(4)27/h8-9,12,15H,7,10-11,13H2,1-6H3,(H,23,27)/t15-/m0/s1.